The Labute approximate surface area is 121 Å². The van der Waals surface area contributed by atoms with E-state index in [1.807, 2.05) is 6.92 Å². The number of hydrogen-bond donors (Lipinski definition) is 2. The van der Waals surface area contributed by atoms with E-state index in [9.17, 15) is 8.42 Å². The van der Waals surface area contributed by atoms with E-state index in [2.05, 4.69) is 17.0 Å². The van der Waals surface area contributed by atoms with Crippen molar-refractivity contribution in [1.82, 2.24) is 10.0 Å². The molecule has 20 heavy (non-hydrogen) atoms. The zero-order valence-electron chi connectivity index (χ0n) is 12.7. The topological polar surface area (TPSA) is 71.3 Å². The first-order valence-electron chi connectivity index (χ1n) is 7.08. The van der Waals surface area contributed by atoms with Crippen LogP contribution in [0.3, 0.4) is 0 Å². The summed E-state index contributed by atoms with van der Waals surface area (Å²) in [6.07, 6.45) is 2.17. The van der Waals surface area contributed by atoms with Crippen LogP contribution in [0.5, 0.6) is 0 Å². The van der Waals surface area contributed by atoms with Gasteiger partial charge in [0.25, 0.3) is 0 Å². The fourth-order valence-electron chi connectivity index (χ4n) is 2.25. The largest absolute Gasteiger partial charge is 0.465 e. The average Bonchev–Trinajstić information content (AvgIpc) is 3.02. The van der Waals surface area contributed by atoms with E-state index >= 15 is 0 Å². The number of rotatable bonds is 7. The van der Waals surface area contributed by atoms with Crippen molar-refractivity contribution < 1.29 is 12.8 Å². The Balaban J connectivity index is 2.25. The Morgan fingerprint density at radius 2 is 1.90 bits per heavy atom. The summed E-state index contributed by atoms with van der Waals surface area (Å²) in [6.45, 7) is 9.39. The van der Waals surface area contributed by atoms with E-state index in [4.69, 9.17) is 4.42 Å². The van der Waals surface area contributed by atoms with Crippen molar-refractivity contribution in [3.8, 4) is 0 Å². The quantitative estimate of drug-likeness (QED) is 0.809. The zero-order chi connectivity index (χ0) is 15.0. The highest BCUT2D eigenvalue weighted by Crippen LogP contribution is 2.44. The summed E-state index contributed by atoms with van der Waals surface area (Å²) in [5, 5.41) is 3.16. The lowest BCUT2D eigenvalue weighted by Crippen LogP contribution is -2.30. The molecule has 0 amide bonds. The molecule has 0 spiro atoms. The predicted octanol–water partition coefficient (Wildman–Crippen LogP) is 2.08. The van der Waals surface area contributed by atoms with Crippen LogP contribution in [0.1, 0.15) is 43.8 Å². The lowest BCUT2D eigenvalue weighted by atomic mass is 10.2. The molecule has 0 unspecified atom stereocenters. The van der Waals surface area contributed by atoms with Crippen LogP contribution in [-0.4, -0.2) is 21.5 Å². The van der Waals surface area contributed by atoms with Gasteiger partial charge in [0.2, 0.25) is 10.0 Å². The molecule has 0 bridgehead atoms. The fraction of sp³-hybridized carbons (Fsp3) is 0.714. The normalized spacial score (nSPS) is 17.4. The van der Waals surface area contributed by atoms with Crippen molar-refractivity contribution >= 4 is 10.0 Å². The molecule has 0 atom stereocenters. The molecule has 114 valence electrons. The van der Waals surface area contributed by atoms with Crippen LogP contribution in [-0.2, 0) is 16.6 Å². The minimum atomic E-state index is -3.51. The number of nitrogens with one attached hydrogen (secondary N) is 2. The molecule has 1 heterocycles. The van der Waals surface area contributed by atoms with Gasteiger partial charge >= 0.3 is 0 Å². The first kappa shape index (κ1) is 15.5. The number of hydrogen-bond acceptors (Lipinski definition) is 4. The highest BCUT2D eigenvalue weighted by Gasteiger charge is 2.39. The minimum Gasteiger partial charge on any atom is -0.465 e. The Hall–Kier alpha value is -0.850. The number of furan rings is 1. The summed E-state index contributed by atoms with van der Waals surface area (Å²) >= 11 is 0. The summed E-state index contributed by atoms with van der Waals surface area (Å²) in [6, 6.07) is 0. The van der Waals surface area contributed by atoms with Gasteiger partial charge in [-0.1, -0.05) is 13.8 Å². The fourth-order valence-corrected chi connectivity index (χ4v) is 3.89. The molecule has 0 aliphatic heterocycles. The minimum absolute atomic E-state index is 0.140. The summed E-state index contributed by atoms with van der Waals surface area (Å²) in [5.74, 6) is 1.13. The molecule has 1 aliphatic rings. The smallest absolute Gasteiger partial charge is 0.244 e. The van der Waals surface area contributed by atoms with E-state index in [1.54, 1.807) is 13.8 Å². The Morgan fingerprint density at radius 1 is 1.25 bits per heavy atom. The second kappa shape index (κ2) is 5.50. The molecule has 1 fully saturated rings. The molecule has 0 aromatic carbocycles. The van der Waals surface area contributed by atoms with Crippen molar-refractivity contribution in [2.45, 2.75) is 52.0 Å². The van der Waals surface area contributed by atoms with Crippen molar-refractivity contribution in [1.29, 1.82) is 0 Å². The summed E-state index contributed by atoms with van der Waals surface area (Å²) in [4.78, 5) is 0.306. The summed E-state index contributed by atoms with van der Waals surface area (Å²) in [5.41, 5.74) is 0.875. The molecular formula is C14H24N2O3S. The van der Waals surface area contributed by atoms with Gasteiger partial charge in [-0.05, 0) is 38.6 Å². The van der Waals surface area contributed by atoms with Gasteiger partial charge in [-0.15, -0.1) is 0 Å². The van der Waals surface area contributed by atoms with Crippen LogP contribution < -0.4 is 10.0 Å². The monoisotopic (exact) mass is 300 g/mol. The van der Waals surface area contributed by atoms with Gasteiger partial charge in [0.05, 0.1) is 0 Å². The zero-order valence-corrected chi connectivity index (χ0v) is 13.5. The van der Waals surface area contributed by atoms with Crippen molar-refractivity contribution in [3.63, 3.8) is 0 Å². The molecule has 6 heteroatoms. The van der Waals surface area contributed by atoms with Gasteiger partial charge in [-0.25, -0.2) is 13.1 Å². The maximum Gasteiger partial charge on any atom is 0.244 e. The molecule has 1 aromatic rings. The molecule has 5 nitrogen and oxygen atoms in total. The maximum absolute atomic E-state index is 12.5. The van der Waals surface area contributed by atoms with Crippen molar-refractivity contribution in [2.75, 3.05) is 13.1 Å². The van der Waals surface area contributed by atoms with Gasteiger partial charge in [0.15, 0.2) is 0 Å². The maximum atomic E-state index is 12.5. The van der Waals surface area contributed by atoms with E-state index in [0.717, 1.165) is 24.9 Å². The van der Waals surface area contributed by atoms with Gasteiger partial charge in [0, 0.05) is 18.7 Å². The Morgan fingerprint density at radius 3 is 2.45 bits per heavy atom. The van der Waals surface area contributed by atoms with Crippen molar-refractivity contribution in [2.24, 2.45) is 5.41 Å². The summed E-state index contributed by atoms with van der Waals surface area (Å²) < 4.78 is 33.3. The lowest BCUT2D eigenvalue weighted by molar-refractivity contribution is 0.491. The SMILES string of the molecule is CCNCc1c(C)oc(C)c1S(=O)(=O)NCC1(C)CC1. The third-order valence-corrected chi connectivity index (χ3v) is 5.53. The molecule has 1 aliphatic carbocycles. The average molecular weight is 300 g/mol. The lowest BCUT2D eigenvalue weighted by Gasteiger charge is -2.12. The van der Waals surface area contributed by atoms with E-state index < -0.39 is 10.0 Å². The van der Waals surface area contributed by atoms with E-state index in [0.29, 0.717) is 29.5 Å². The number of sulfonamides is 1. The molecule has 1 saturated carbocycles. The molecule has 2 rings (SSSR count). The number of aryl methyl sites for hydroxylation is 2. The first-order valence-corrected chi connectivity index (χ1v) is 8.56. The Bertz CT molecular complexity index is 586. The highest BCUT2D eigenvalue weighted by atomic mass is 32.2. The standard InChI is InChI=1S/C14H24N2O3S/c1-5-15-8-12-10(2)19-11(3)13(12)20(17,18)16-9-14(4)6-7-14/h15-16H,5-9H2,1-4H3. The third-order valence-electron chi connectivity index (χ3n) is 3.94. The van der Waals surface area contributed by atoms with Gasteiger partial charge in [-0.3, -0.25) is 0 Å². The van der Waals surface area contributed by atoms with Gasteiger partial charge in [-0.2, -0.15) is 0 Å². The molecule has 1 aromatic heterocycles. The molecule has 2 N–H and O–H groups in total. The third kappa shape index (κ3) is 3.24. The van der Waals surface area contributed by atoms with Crippen LogP contribution >= 0.6 is 0 Å². The second-order valence-electron chi connectivity index (χ2n) is 5.94. The summed E-state index contributed by atoms with van der Waals surface area (Å²) in [7, 11) is -3.51. The van der Waals surface area contributed by atoms with Crippen LogP contribution in [0.2, 0.25) is 0 Å². The Kier molecular flexibility index (Phi) is 4.27. The van der Waals surface area contributed by atoms with Crippen LogP contribution in [0, 0.1) is 19.3 Å². The van der Waals surface area contributed by atoms with E-state index in [1.165, 1.54) is 0 Å². The van der Waals surface area contributed by atoms with Crippen LogP contribution in [0.15, 0.2) is 9.31 Å². The first-order chi connectivity index (χ1) is 9.29. The van der Waals surface area contributed by atoms with Gasteiger partial charge < -0.3 is 9.73 Å². The van der Waals surface area contributed by atoms with Crippen molar-refractivity contribution in [3.05, 3.63) is 17.1 Å². The predicted molar refractivity (Wildman–Crippen MR) is 78.1 cm³/mol. The van der Waals surface area contributed by atoms with Gasteiger partial charge in [0.1, 0.15) is 16.4 Å². The van der Waals surface area contributed by atoms with Crippen LogP contribution in [0.4, 0.5) is 0 Å². The second-order valence-corrected chi connectivity index (χ2v) is 7.64. The highest BCUT2D eigenvalue weighted by molar-refractivity contribution is 7.89. The van der Waals surface area contributed by atoms with Crippen LogP contribution in [0.25, 0.3) is 0 Å². The molecule has 0 saturated heterocycles. The van der Waals surface area contributed by atoms with E-state index in [-0.39, 0.29) is 5.41 Å². The molecular weight excluding hydrogens is 276 g/mol. The molecule has 0 radical (unpaired) electrons.